The van der Waals surface area contributed by atoms with E-state index in [4.69, 9.17) is 0 Å². The van der Waals surface area contributed by atoms with Crippen LogP contribution in [0.4, 0.5) is 32.3 Å². The average Bonchev–Trinajstić information content (AvgIpc) is 3.16. The molecule has 0 bridgehead atoms. The van der Waals surface area contributed by atoms with Gasteiger partial charge < -0.3 is 5.32 Å². The third-order valence-corrected chi connectivity index (χ3v) is 5.72. The molecule has 2 heterocycles. The lowest BCUT2D eigenvalue weighted by atomic mass is 9.78. The Morgan fingerprint density at radius 1 is 0.909 bits per heavy atom. The summed E-state index contributed by atoms with van der Waals surface area (Å²) in [6, 6.07) is 6.79. The lowest BCUT2D eigenvalue weighted by molar-refractivity contribution is -0.145. The number of benzene rings is 2. The molecule has 0 saturated carbocycles. The molecule has 1 N–H and O–H groups in total. The van der Waals surface area contributed by atoms with Crippen molar-refractivity contribution in [2.45, 2.75) is 31.0 Å². The number of halogens is 6. The van der Waals surface area contributed by atoms with Crippen molar-refractivity contribution in [2.75, 3.05) is 5.32 Å². The highest BCUT2D eigenvalue weighted by Crippen LogP contribution is 2.45. The van der Waals surface area contributed by atoms with Crippen molar-refractivity contribution in [3.05, 3.63) is 88.1 Å². The maximum Gasteiger partial charge on any atom is 0.453 e. The van der Waals surface area contributed by atoms with E-state index in [9.17, 15) is 31.1 Å². The molecule has 0 fully saturated rings. The summed E-state index contributed by atoms with van der Waals surface area (Å²) in [5.74, 6) is -4.89. The summed E-state index contributed by atoms with van der Waals surface area (Å²) in [5.41, 5.74) is 0.942. The lowest BCUT2D eigenvalue weighted by Gasteiger charge is -2.35. The van der Waals surface area contributed by atoms with E-state index in [0.29, 0.717) is 11.6 Å². The third-order valence-electron chi connectivity index (χ3n) is 5.72. The van der Waals surface area contributed by atoms with Gasteiger partial charge in [0.15, 0.2) is 5.78 Å². The molecule has 0 saturated heterocycles. The molecule has 3 aromatic rings. The van der Waals surface area contributed by atoms with Gasteiger partial charge in [-0.3, -0.25) is 4.79 Å². The van der Waals surface area contributed by atoms with Gasteiger partial charge in [-0.1, -0.05) is 12.1 Å². The molecule has 0 amide bonds. The van der Waals surface area contributed by atoms with E-state index in [2.05, 4.69) is 15.4 Å². The van der Waals surface area contributed by atoms with Gasteiger partial charge in [0.1, 0.15) is 23.5 Å². The number of hydrogen-bond donors (Lipinski definition) is 1. The summed E-state index contributed by atoms with van der Waals surface area (Å²) in [6.45, 7) is 0. The van der Waals surface area contributed by atoms with Crippen molar-refractivity contribution >= 4 is 11.7 Å². The highest BCUT2D eigenvalue weighted by molar-refractivity contribution is 6.00. The SMILES string of the molecule is O=C1CC(c2ccc(F)cc2)CC2=C1C(c1cc(F)cc(F)c1)n1nc(C(F)(F)F)nc1N2. The Kier molecular flexibility index (Phi) is 4.80. The van der Waals surface area contributed by atoms with E-state index in [1.807, 2.05) is 0 Å². The molecule has 2 atom stereocenters. The number of carbonyl (C=O) groups is 1. The Morgan fingerprint density at radius 3 is 2.21 bits per heavy atom. The standard InChI is InChI=1S/C22H14F6N4O/c23-13-3-1-10(2-4-13)11-7-16-18(17(33)8-11)19(12-5-14(24)9-15(25)6-12)32-21(29-16)30-20(31-32)22(26,27)28/h1-6,9,11,19H,7-8H2,(H,29,30,31). The number of ketones is 1. The number of alkyl halides is 3. The smallest absolute Gasteiger partial charge is 0.328 e. The van der Waals surface area contributed by atoms with Crippen molar-refractivity contribution in [3.63, 3.8) is 0 Å². The second-order valence-corrected chi connectivity index (χ2v) is 7.90. The Hall–Kier alpha value is -3.63. The Labute approximate surface area is 182 Å². The Bertz CT molecular complexity index is 1270. The minimum atomic E-state index is -4.87. The first-order valence-corrected chi connectivity index (χ1v) is 9.88. The molecule has 5 rings (SSSR count). The molecule has 170 valence electrons. The number of nitrogens with one attached hydrogen (secondary N) is 1. The van der Waals surface area contributed by atoms with E-state index < -0.39 is 41.3 Å². The lowest BCUT2D eigenvalue weighted by Crippen LogP contribution is -2.33. The molecule has 0 spiro atoms. The zero-order chi connectivity index (χ0) is 23.5. The molecular weight excluding hydrogens is 450 g/mol. The molecule has 1 aliphatic heterocycles. The summed E-state index contributed by atoms with van der Waals surface area (Å²) in [5, 5.41) is 6.25. The largest absolute Gasteiger partial charge is 0.453 e. The summed E-state index contributed by atoms with van der Waals surface area (Å²) in [7, 11) is 0. The van der Waals surface area contributed by atoms with Crippen LogP contribution in [-0.2, 0) is 11.0 Å². The van der Waals surface area contributed by atoms with E-state index in [1.54, 1.807) is 0 Å². The van der Waals surface area contributed by atoms with Gasteiger partial charge in [-0.2, -0.15) is 18.2 Å². The van der Waals surface area contributed by atoms with Crippen molar-refractivity contribution in [2.24, 2.45) is 0 Å². The van der Waals surface area contributed by atoms with Gasteiger partial charge >= 0.3 is 6.18 Å². The maximum atomic E-state index is 14.0. The van der Waals surface area contributed by atoms with Crippen LogP contribution in [0.3, 0.4) is 0 Å². The van der Waals surface area contributed by atoms with E-state index in [0.717, 1.165) is 16.8 Å². The number of fused-ring (bicyclic) bond motifs is 1. The van der Waals surface area contributed by atoms with Crippen LogP contribution in [0.15, 0.2) is 53.7 Å². The first kappa shape index (κ1) is 21.2. The van der Waals surface area contributed by atoms with Gasteiger partial charge in [0, 0.05) is 23.8 Å². The van der Waals surface area contributed by atoms with E-state index in [1.165, 1.54) is 24.3 Å². The number of nitrogens with zero attached hydrogens (tertiary/aromatic N) is 3. The molecule has 2 aromatic carbocycles. The predicted molar refractivity (Wildman–Crippen MR) is 104 cm³/mol. The minimum Gasteiger partial charge on any atom is -0.328 e. The van der Waals surface area contributed by atoms with Gasteiger partial charge in [0.25, 0.3) is 5.82 Å². The second kappa shape index (κ2) is 7.46. The quantitative estimate of drug-likeness (QED) is 0.535. The summed E-state index contributed by atoms with van der Waals surface area (Å²) < 4.78 is 82.0. The molecule has 11 heteroatoms. The predicted octanol–water partition coefficient (Wildman–Crippen LogP) is 5.13. The van der Waals surface area contributed by atoms with E-state index in [-0.39, 0.29) is 41.5 Å². The number of Topliss-reactive ketones (excluding diaryl/α,β-unsaturated/α-hetero) is 1. The Morgan fingerprint density at radius 2 is 1.58 bits per heavy atom. The zero-order valence-electron chi connectivity index (χ0n) is 16.6. The molecule has 2 unspecified atom stereocenters. The van der Waals surface area contributed by atoms with Crippen LogP contribution in [0.2, 0.25) is 0 Å². The second-order valence-electron chi connectivity index (χ2n) is 7.90. The monoisotopic (exact) mass is 464 g/mol. The summed E-state index contributed by atoms with van der Waals surface area (Å²) in [4.78, 5) is 16.7. The number of rotatable bonds is 2. The van der Waals surface area contributed by atoms with Gasteiger partial charge in [-0.25, -0.2) is 17.9 Å². The molecule has 1 aliphatic carbocycles. The molecule has 2 aliphatic rings. The number of aromatic nitrogens is 3. The van der Waals surface area contributed by atoms with Crippen LogP contribution in [0.25, 0.3) is 0 Å². The van der Waals surface area contributed by atoms with Crippen LogP contribution in [-0.4, -0.2) is 20.5 Å². The molecule has 5 nitrogen and oxygen atoms in total. The zero-order valence-corrected chi connectivity index (χ0v) is 16.6. The number of carbonyl (C=O) groups excluding carboxylic acids is 1. The highest BCUT2D eigenvalue weighted by atomic mass is 19.4. The maximum absolute atomic E-state index is 14.0. The molecule has 1 aromatic heterocycles. The van der Waals surface area contributed by atoms with Gasteiger partial charge in [0.05, 0.1) is 0 Å². The fourth-order valence-electron chi connectivity index (χ4n) is 4.34. The normalized spacial score (nSPS) is 20.4. The fourth-order valence-corrected chi connectivity index (χ4v) is 4.34. The minimum absolute atomic E-state index is 0.0173. The van der Waals surface area contributed by atoms with Crippen LogP contribution < -0.4 is 5.32 Å². The number of allylic oxidation sites excluding steroid dienone is 2. The van der Waals surface area contributed by atoms with Crippen LogP contribution in [0, 0.1) is 17.5 Å². The average molecular weight is 464 g/mol. The summed E-state index contributed by atoms with van der Waals surface area (Å²) in [6.07, 6.45) is -4.68. The number of anilines is 1. The molecular formula is C22H14F6N4O. The van der Waals surface area contributed by atoms with Crippen molar-refractivity contribution in [3.8, 4) is 0 Å². The topological polar surface area (TPSA) is 59.8 Å². The fraction of sp³-hybridized carbons (Fsp3) is 0.227. The van der Waals surface area contributed by atoms with Gasteiger partial charge in [0.2, 0.25) is 5.95 Å². The van der Waals surface area contributed by atoms with Crippen LogP contribution in [0.5, 0.6) is 0 Å². The number of hydrogen-bond acceptors (Lipinski definition) is 4. The molecule has 33 heavy (non-hydrogen) atoms. The van der Waals surface area contributed by atoms with Gasteiger partial charge in [-0.05, 0) is 47.7 Å². The summed E-state index contributed by atoms with van der Waals surface area (Å²) >= 11 is 0. The third kappa shape index (κ3) is 3.77. The van der Waals surface area contributed by atoms with Crippen molar-refractivity contribution in [1.29, 1.82) is 0 Å². The van der Waals surface area contributed by atoms with Crippen molar-refractivity contribution < 1.29 is 31.1 Å². The van der Waals surface area contributed by atoms with Crippen molar-refractivity contribution in [1.82, 2.24) is 14.8 Å². The highest BCUT2D eigenvalue weighted by Gasteiger charge is 2.43. The first-order chi connectivity index (χ1) is 15.6. The van der Waals surface area contributed by atoms with E-state index >= 15 is 0 Å². The first-order valence-electron chi connectivity index (χ1n) is 9.88. The molecule has 0 radical (unpaired) electrons. The van der Waals surface area contributed by atoms with Crippen LogP contribution in [0.1, 0.15) is 41.8 Å². The Balaban J connectivity index is 1.64. The van der Waals surface area contributed by atoms with Crippen LogP contribution >= 0.6 is 0 Å². The van der Waals surface area contributed by atoms with Gasteiger partial charge in [-0.15, -0.1) is 5.10 Å².